The molecule has 2 aromatic carbocycles. The Bertz CT molecular complexity index is 691. The predicted octanol–water partition coefficient (Wildman–Crippen LogP) is 1.83. The van der Waals surface area contributed by atoms with Crippen molar-refractivity contribution in [1.29, 1.82) is 0 Å². The Morgan fingerprint density at radius 3 is 2.38 bits per heavy atom. The van der Waals surface area contributed by atoms with Crippen LogP contribution in [0.15, 0.2) is 47.6 Å². The quantitative estimate of drug-likeness (QED) is 0.392. The van der Waals surface area contributed by atoms with Crippen LogP contribution in [0.2, 0.25) is 0 Å². The summed E-state index contributed by atoms with van der Waals surface area (Å²) in [6.45, 7) is 1.73. The summed E-state index contributed by atoms with van der Waals surface area (Å²) in [5, 5.41) is 22.6. The summed E-state index contributed by atoms with van der Waals surface area (Å²) in [4.78, 5) is 11.9. The van der Waals surface area contributed by atoms with Crippen molar-refractivity contribution in [2.24, 2.45) is 5.10 Å². The number of carbonyl (C=O) groups is 1. The van der Waals surface area contributed by atoms with Gasteiger partial charge in [-0.1, -0.05) is 12.1 Å². The monoisotopic (exact) mass is 285 g/mol. The minimum Gasteiger partial charge on any atom is -0.508 e. The highest BCUT2D eigenvalue weighted by Gasteiger charge is 2.08. The molecule has 108 valence electrons. The molecule has 6 heteroatoms. The van der Waals surface area contributed by atoms with E-state index >= 15 is 0 Å². The first-order valence-corrected chi connectivity index (χ1v) is 6.19. The van der Waals surface area contributed by atoms with E-state index in [0.29, 0.717) is 11.4 Å². The Morgan fingerprint density at radius 2 is 1.76 bits per heavy atom. The second kappa shape index (κ2) is 5.96. The average Bonchev–Trinajstić information content (AvgIpc) is 2.43. The lowest BCUT2D eigenvalue weighted by molar-refractivity contribution is 0.0954. The largest absolute Gasteiger partial charge is 0.508 e. The molecule has 0 atom stereocenters. The molecule has 0 aromatic heterocycles. The Labute approximate surface area is 121 Å². The summed E-state index contributed by atoms with van der Waals surface area (Å²) < 4.78 is 0. The molecule has 0 unspecified atom stereocenters. The van der Waals surface area contributed by atoms with Crippen molar-refractivity contribution in [2.45, 2.75) is 6.92 Å². The maximum Gasteiger partial charge on any atom is 0.271 e. The van der Waals surface area contributed by atoms with E-state index in [1.807, 2.05) is 6.07 Å². The van der Waals surface area contributed by atoms with Gasteiger partial charge in [-0.05, 0) is 36.8 Å². The van der Waals surface area contributed by atoms with Crippen LogP contribution in [0, 0.1) is 0 Å². The molecular weight excluding hydrogens is 270 g/mol. The van der Waals surface area contributed by atoms with Crippen LogP contribution in [-0.2, 0) is 0 Å². The van der Waals surface area contributed by atoms with Gasteiger partial charge in [-0.15, -0.1) is 0 Å². The molecule has 0 aliphatic carbocycles. The Hall–Kier alpha value is -3.02. The summed E-state index contributed by atoms with van der Waals surface area (Å²) >= 11 is 0. The van der Waals surface area contributed by atoms with E-state index in [2.05, 4.69) is 10.5 Å². The highest BCUT2D eigenvalue weighted by molar-refractivity contribution is 6.01. The fourth-order valence-corrected chi connectivity index (χ4v) is 1.75. The molecule has 0 spiro atoms. The van der Waals surface area contributed by atoms with E-state index in [1.165, 1.54) is 12.1 Å². The minimum absolute atomic E-state index is 0.108. The van der Waals surface area contributed by atoms with Crippen LogP contribution >= 0.6 is 0 Å². The molecule has 1 amide bonds. The number of carbonyl (C=O) groups excluding carboxylic acids is 1. The van der Waals surface area contributed by atoms with Crippen LogP contribution < -0.4 is 11.2 Å². The van der Waals surface area contributed by atoms with E-state index < -0.39 is 5.91 Å². The van der Waals surface area contributed by atoms with E-state index in [-0.39, 0.29) is 17.1 Å². The standard InChI is InChI=1S/C15H15N3O3/c1-9(10-3-2-4-12(16)5-10)17-18-15(21)11-6-13(19)8-14(20)7-11/h2-8,19-20H,16H2,1H3,(H,18,21). The van der Waals surface area contributed by atoms with Crippen molar-refractivity contribution in [3.8, 4) is 11.5 Å². The SMILES string of the molecule is CC(=NNC(=O)c1cc(O)cc(O)c1)c1cccc(N)c1. The molecule has 21 heavy (non-hydrogen) atoms. The fourth-order valence-electron chi connectivity index (χ4n) is 1.75. The number of nitrogens with two attached hydrogens (primary N) is 1. The molecule has 0 radical (unpaired) electrons. The van der Waals surface area contributed by atoms with E-state index in [9.17, 15) is 15.0 Å². The number of rotatable bonds is 3. The number of amides is 1. The molecule has 2 aromatic rings. The van der Waals surface area contributed by atoms with Crippen LogP contribution in [0.3, 0.4) is 0 Å². The molecule has 0 saturated carbocycles. The van der Waals surface area contributed by atoms with Crippen molar-refractivity contribution in [3.05, 3.63) is 53.6 Å². The van der Waals surface area contributed by atoms with E-state index in [1.54, 1.807) is 25.1 Å². The molecule has 2 rings (SSSR count). The highest BCUT2D eigenvalue weighted by Crippen LogP contribution is 2.20. The van der Waals surface area contributed by atoms with Crippen molar-refractivity contribution in [3.63, 3.8) is 0 Å². The molecule has 6 nitrogen and oxygen atoms in total. The van der Waals surface area contributed by atoms with E-state index in [0.717, 1.165) is 11.6 Å². The maximum atomic E-state index is 11.9. The topological polar surface area (TPSA) is 108 Å². The number of hydrogen-bond donors (Lipinski definition) is 4. The van der Waals surface area contributed by atoms with Crippen LogP contribution in [0.4, 0.5) is 5.69 Å². The minimum atomic E-state index is -0.538. The summed E-state index contributed by atoms with van der Waals surface area (Å²) in [6.07, 6.45) is 0. The number of anilines is 1. The molecule has 0 fully saturated rings. The van der Waals surface area contributed by atoms with Gasteiger partial charge in [0.15, 0.2) is 0 Å². The second-order valence-corrected chi connectivity index (χ2v) is 4.50. The third kappa shape index (κ3) is 3.73. The molecule has 0 aliphatic rings. The smallest absolute Gasteiger partial charge is 0.271 e. The predicted molar refractivity (Wildman–Crippen MR) is 80.3 cm³/mol. The van der Waals surface area contributed by atoms with Crippen LogP contribution in [-0.4, -0.2) is 21.8 Å². The molecule has 5 N–H and O–H groups in total. The van der Waals surface area contributed by atoms with Gasteiger partial charge in [0.05, 0.1) is 5.71 Å². The number of phenols is 2. The van der Waals surface area contributed by atoms with Crippen LogP contribution in [0.25, 0.3) is 0 Å². The third-order valence-corrected chi connectivity index (χ3v) is 2.79. The first-order valence-electron chi connectivity index (χ1n) is 6.19. The lowest BCUT2D eigenvalue weighted by Crippen LogP contribution is -2.19. The normalized spacial score (nSPS) is 11.2. The lowest BCUT2D eigenvalue weighted by Gasteiger charge is -2.05. The Balaban J connectivity index is 2.14. The number of nitrogen functional groups attached to an aromatic ring is 1. The molecule has 0 aliphatic heterocycles. The fraction of sp³-hybridized carbons (Fsp3) is 0.0667. The zero-order valence-electron chi connectivity index (χ0n) is 11.4. The summed E-state index contributed by atoms with van der Waals surface area (Å²) in [6, 6.07) is 10.7. The summed E-state index contributed by atoms with van der Waals surface area (Å²) in [5.74, 6) is -0.933. The van der Waals surface area contributed by atoms with Gasteiger partial charge in [-0.3, -0.25) is 4.79 Å². The zero-order chi connectivity index (χ0) is 15.4. The molecule has 0 saturated heterocycles. The summed E-state index contributed by atoms with van der Waals surface area (Å²) in [7, 11) is 0. The van der Waals surface area contributed by atoms with Crippen molar-refractivity contribution in [1.82, 2.24) is 5.43 Å². The molecule has 0 heterocycles. The number of aromatic hydroxyl groups is 2. The summed E-state index contributed by atoms with van der Waals surface area (Å²) in [5.41, 5.74) is 10.1. The maximum absolute atomic E-state index is 11.9. The van der Waals surface area contributed by atoms with Gasteiger partial charge in [0.2, 0.25) is 0 Å². The van der Waals surface area contributed by atoms with Crippen molar-refractivity contribution in [2.75, 3.05) is 5.73 Å². The number of hydrazone groups is 1. The second-order valence-electron chi connectivity index (χ2n) is 4.50. The van der Waals surface area contributed by atoms with Gasteiger partial charge in [0.25, 0.3) is 5.91 Å². The Morgan fingerprint density at radius 1 is 1.10 bits per heavy atom. The molecule has 0 bridgehead atoms. The first kappa shape index (κ1) is 14.4. The zero-order valence-corrected chi connectivity index (χ0v) is 11.4. The number of nitrogens with one attached hydrogen (secondary N) is 1. The third-order valence-electron chi connectivity index (χ3n) is 2.79. The number of hydrogen-bond acceptors (Lipinski definition) is 5. The van der Waals surface area contributed by atoms with Crippen molar-refractivity contribution < 1.29 is 15.0 Å². The molecular formula is C15H15N3O3. The van der Waals surface area contributed by atoms with E-state index in [4.69, 9.17) is 5.73 Å². The van der Waals surface area contributed by atoms with Gasteiger partial charge in [-0.25, -0.2) is 5.43 Å². The van der Waals surface area contributed by atoms with Gasteiger partial charge < -0.3 is 15.9 Å². The van der Waals surface area contributed by atoms with Gasteiger partial charge in [0.1, 0.15) is 11.5 Å². The Kier molecular flexibility index (Phi) is 4.08. The van der Waals surface area contributed by atoms with Crippen LogP contribution in [0.1, 0.15) is 22.8 Å². The average molecular weight is 285 g/mol. The number of benzene rings is 2. The number of nitrogens with zero attached hydrogens (tertiary/aromatic N) is 1. The van der Waals surface area contributed by atoms with Crippen molar-refractivity contribution >= 4 is 17.3 Å². The lowest BCUT2D eigenvalue weighted by atomic mass is 10.1. The number of phenolic OH excluding ortho intramolecular Hbond substituents is 2. The van der Waals surface area contributed by atoms with Crippen LogP contribution in [0.5, 0.6) is 11.5 Å². The first-order chi connectivity index (χ1) is 9.95. The van der Waals surface area contributed by atoms with Gasteiger partial charge in [0, 0.05) is 17.3 Å². The highest BCUT2D eigenvalue weighted by atomic mass is 16.3. The van der Waals surface area contributed by atoms with Gasteiger partial charge >= 0.3 is 0 Å². The van der Waals surface area contributed by atoms with Gasteiger partial charge in [-0.2, -0.15) is 5.10 Å².